The lowest BCUT2D eigenvalue weighted by molar-refractivity contribution is 0.243. The van der Waals surface area contributed by atoms with Crippen LogP contribution in [0.1, 0.15) is 12.5 Å². The third-order valence-corrected chi connectivity index (χ3v) is 2.47. The van der Waals surface area contributed by atoms with Crippen LogP contribution >= 0.6 is 0 Å². The van der Waals surface area contributed by atoms with Gasteiger partial charge in [-0.25, -0.2) is 4.79 Å². The van der Waals surface area contributed by atoms with Gasteiger partial charge in [-0.3, -0.25) is 0 Å². The molecule has 0 aromatic heterocycles. The average Bonchev–Trinajstić information content (AvgIpc) is 2.37. The first kappa shape index (κ1) is 14.9. The fourth-order valence-corrected chi connectivity index (χ4v) is 1.59. The number of carbonyl (C=O) groups is 1. The molecule has 104 valence electrons. The molecule has 1 aromatic rings. The summed E-state index contributed by atoms with van der Waals surface area (Å²) >= 11 is 0. The smallest absolute Gasteiger partial charge is 0.318 e. The highest BCUT2D eigenvalue weighted by Crippen LogP contribution is 2.27. The molecule has 0 heterocycles. The lowest BCUT2D eigenvalue weighted by Crippen LogP contribution is -2.35. The fourth-order valence-electron chi connectivity index (χ4n) is 1.59. The maximum absolute atomic E-state index is 11.3. The van der Waals surface area contributed by atoms with Crippen LogP contribution < -0.4 is 20.1 Å². The van der Waals surface area contributed by atoms with Crippen LogP contribution in [0.25, 0.3) is 0 Å². The summed E-state index contributed by atoms with van der Waals surface area (Å²) in [5.41, 5.74) is 1.68. The molecule has 0 saturated heterocycles. The van der Waals surface area contributed by atoms with Gasteiger partial charge in [0.2, 0.25) is 0 Å². The Morgan fingerprint density at radius 1 is 1.26 bits per heavy atom. The summed E-state index contributed by atoms with van der Waals surface area (Å²) in [6.07, 6.45) is 0.712. The van der Waals surface area contributed by atoms with Crippen LogP contribution in [0.5, 0.6) is 11.5 Å². The predicted molar refractivity (Wildman–Crippen MR) is 74.6 cm³/mol. The summed E-state index contributed by atoms with van der Waals surface area (Å²) in [5.74, 6) is 1.38. The van der Waals surface area contributed by atoms with Crippen LogP contribution in [0.3, 0.4) is 0 Å². The van der Waals surface area contributed by atoms with E-state index in [0.29, 0.717) is 30.2 Å². The molecule has 0 bridgehead atoms. The van der Waals surface area contributed by atoms with Gasteiger partial charge in [0, 0.05) is 12.2 Å². The average molecular weight is 264 g/mol. The van der Waals surface area contributed by atoms with E-state index in [9.17, 15) is 4.79 Å². The van der Waals surface area contributed by atoms with Crippen molar-refractivity contribution in [1.82, 2.24) is 10.6 Å². The van der Waals surface area contributed by atoms with E-state index in [0.717, 1.165) is 5.56 Å². The SMILES string of the molecule is C=C(C)NC(=O)NCCc1ccc(OC)c(OC)c1. The summed E-state index contributed by atoms with van der Waals surface area (Å²) < 4.78 is 10.4. The van der Waals surface area contributed by atoms with Gasteiger partial charge >= 0.3 is 6.03 Å². The second-order valence-corrected chi connectivity index (χ2v) is 4.10. The third kappa shape index (κ3) is 4.91. The van der Waals surface area contributed by atoms with Crippen LogP contribution in [0.15, 0.2) is 30.5 Å². The number of methoxy groups -OCH3 is 2. The van der Waals surface area contributed by atoms with Crippen LogP contribution in [-0.2, 0) is 6.42 Å². The molecule has 5 nitrogen and oxygen atoms in total. The standard InChI is InChI=1S/C14H20N2O3/c1-10(2)16-14(17)15-8-7-11-5-6-12(18-3)13(9-11)19-4/h5-6,9H,1,7-8H2,2-4H3,(H2,15,16,17). The maximum Gasteiger partial charge on any atom is 0.318 e. The van der Waals surface area contributed by atoms with Crippen molar-refractivity contribution in [2.75, 3.05) is 20.8 Å². The zero-order valence-corrected chi connectivity index (χ0v) is 11.6. The molecule has 0 radical (unpaired) electrons. The van der Waals surface area contributed by atoms with Gasteiger partial charge in [0.25, 0.3) is 0 Å². The molecule has 0 atom stereocenters. The minimum absolute atomic E-state index is 0.243. The lowest BCUT2D eigenvalue weighted by Gasteiger charge is -2.10. The topological polar surface area (TPSA) is 59.6 Å². The number of carbonyl (C=O) groups excluding carboxylic acids is 1. The molecule has 0 saturated carbocycles. The zero-order valence-electron chi connectivity index (χ0n) is 11.6. The molecule has 0 spiro atoms. The van der Waals surface area contributed by atoms with E-state index in [1.54, 1.807) is 21.1 Å². The minimum atomic E-state index is -0.243. The Bertz CT molecular complexity index is 458. The number of amides is 2. The van der Waals surface area contributed by atoms with Gasteiger partial charge < -0.3 is 20.1 Å². The van der Waals surface area contributed by atoms with E-state index in [2.05, 4.69) is 17.2 Å². The lowest BCUT2D eigenvalue weighted by atomic mass is 10.1. The molecule has 0 fully saturated rings. The summed E-state index contributed by atoms with van der Waals surface area (Å²) in [4.78, 5) is 11.3. The summed E-state index contributed by atoms with van der Waals surface area (Å²) in [5, 5.41) is 5.33. The second-order valence-electron chi connectivity index (χ2n) is 4.10. The molecule has 1 rings (SSSR count). The predicted octanol–water partition coefficient (Wildman–Crippen LogP) is 2.08. The van der Waals surface area contributed by atoms with Crippen molar-refractivity contribution in [1.29, 1.82) is 0 Å². The Morgan fingerprint density at radius 3 is 2.53 bits per heavy atom. The first-order valence-corrected chi connectivity index (χ1v) is 5.98. The highest BCUT2D eigenvalue weighted by Gasteiger charge is 2.05. The molecule has 19 heavy (non-hydrogen) atoms. The van der Waals surface area contributed by atoms with Crippen LogP contribution in [0, 0.1) is 0 Å². The van der Waals surface area contributed by atoms with Gasteiger partial charge in [0.05, 0.1) is 14.2 Å². The molecular formula is C14H20N2O3. The second kappa shape index (κ2) is 7.31. The van der Waals surface area contributed by atoms with E-state index in [1.807, 2.05) is 18.2 Å². The first-order chi connectivity index (χ1) is 9.06. The third-order valence-electron chi connectivity index (χ3n) is 2.47. The van der Waals surface area contributed by atoms with Gasteiger partial charge in [-0.2, -0.15) is 0 Å². The van der Waals surface area contributed by atoms with Crippen molar-refractivity contribution in [2.45, 2.75) is 13.3 Å². The van der Waals surface area contributed by atoms with E-state index < -0.39 is 0 Å². The fraction of sp³-hybridized carbons (Fsp3) is 0.357. The van der Waals surface area contributed by atoms with E-state index in [1.165, 1.54) is 0 Å². The molecule has 2 N–H and O–H groups in total. The minimum Gasteiger partial charge on any atom is -0.493 e. The highest BCUT2D eigenvalue weighted by atomic mass is 16.5. The molecule has 0 unspecified atom stereocenters. The van der Waals surface area contributed by atoms with E-state index in [4.69, 9.17) is 9.47 Å². The number of benzene rings is 1. The molecule has 2 amide bonds. The maximum atomic E-state index is 11.3. The number of ether oxygens (including phenoxy) is 2. The van der Waals surface area contributed by atoms with Crippen molar-refractivity contribution >= 4 is 6.03 Å². The molecule has 0 aliphatic heterocycles. The number of rotatable bonds is 6. The van der Waals surface area contributed by atoms with Crippen molar-refractivity contribution in [3.8, 4) is 11.5 Å². The largest absolute Gasteiger partial charge is 0.493 e. The quantitative estimate of drug-likeness (QED) is 0.827. The van der Waals surface area contributed by atoms with Crippen LogP contribution in [0.4, 0.5) is 4.79 Å². The monoisotopic (exact) mass is 264 g/mol. The summed E-state index contributed by atoms with van der Waals surface area (Å²) in [6, 6.07) is 5.45. The van der Waals surface area contributed by atoms with Crippen molar-refractivity contribution in [3.63, 3.8) is 0 Å². The highest BCUT2D eigenvalue weighted by molar-refractivity contribution is 5.75. The molecule has 1 aromatic carbocycles. The number of nitrogens with one attached hydrogen (secondary N) is 2. The first-order valence-electron chi connectivity index (χ1n) is 5.98. The van der Waals surface area contributed by atoms with Crippen molar-refractivity contribution in [2.24, 2.45) is 0 Å². The van der Waals surface area contributed by atoms with E-state index in [-0.39, 0.29) is 6.03 Å². The molecule has 5 heteroatoms. The van der Waals surface area contributed by atoms with E-state index >= 15 is 0 Å². The Kier molecular flexibility index (Phi) is 5.73. The summed E-state index contributed by atoms with van der Waals surface area (Å²) in [7, 11) is 3.20. The molecule has 0 aliphatic carbocycles. The summed E-state index contributed by atoms with van der Waals surface area (Å²) in [6.45, 7) is 5.87. The zero-order chi connectivity index (χ0) is 14.3. The molecule has 0 aliphatic rings. The molecular weight excluding hydrogens is 244 g/mol. The number of hydrogen-bond donors (Lipinski definition) is 2. The van der Waals surface area contributed by atoms with Gasteiger partial charge in [-0.1, -0.05) is 12.6 Å². The Morgan fingerprint density at radius 2 is 1.95 bits per heavy atom. The van der Waals surface area contributed by atoms with Crippen LogP contribution in [-0.4, -0.2) is 26.8 Å². The van der Waals surface area contributed by atoms with Crippen LogP contribution in [0.2, 0.25) is 0 Å². The Hall–Kier alpha value is -2.17. The van der Waals surface area contributed by atoms with Gasteiger partial charge in [-0.05, 0) is 31.0 Å². The number of hydrogen-bond acceptors (Lipinski definition) is 3. The Balaban J connectivity index is 2.49. The van der Waals surface area contributed by atoms with Gasteiger partial charge in [0.15, 0.2) is 11.5 Å². The van der Waals surface area contributed by atoms with Crippen molar-refractivity contribution < 1.29 is 14.3 Å². The Labute approximate surface area is 113 Å². The number of allylic oxidation sites excluding steroid dienone is 1. The van der Waals surface area contributed by atoms with Gasteiger partial charge in [-0.15, -0.1) is 0 Å². The van der Waals surface area contributed by atoms with Gasteiger partial charge in [0.1, 0.15) is 0 Å². The van der Waals surface area contributed by atoms with Crippen molar-refractivity contribution in [3.05, 3.63) is 36.0 Å². The normalized spacial score (nSPS) is 9.63. The number of urea groups is 1.